The number of aromatic nitrogens is 2. The van der Waals surface area contributed by atoms with Crippen molar-refractivity contribution in [2.45, 2.75) is 19.5 Å². The molecule has 0 bridgehead atoms. The summed E-state index contributed by atoms with van der Waals surface area (Å²) in [7, 11) is 1.80. The zero-order valence-corrected chi connectivity index (χ0v) is 17.1. The monoisotopic (exact) mass is 431 g/mol. The highest BCUT2D eigenvalue weighted by Crippen LogP contribution is 2.22. The summed E-state index contributed by atoms with van der Waals surface area (Å²) in [4.78, 5) is 5.67. The maximum absolute atomic E-state index is 4.32. The van der Waals surface area contributed by atoms with E-state index < -0.39 is 0 Å². The highest BCUT2D eigenvalue weighted by atomic mass is 79.9. The number of benzene rings is 1. The minimum absolute atomic E-state index is 0.724. The fraction of sp³-hybridized carbons (Fsp3) is 0.263. The first-order valence-electron chi connectivity index (χ1n) is 8.47. The molecule has 0 amide bonds. The molecular formula is C19H22BrN5S. The van der Waals surface area contributed by atoms with E-state index in [0.717, 1.165) is 32.0 Å². The summed E-state index contributed by atoms with van der Waals surface area (Å²) >= 11 is 5.27. The molecule has 0 aliphatic rings. The summed E-state index contributed by atoms with van der Waals surface area (Å²) in [5.74, 6) is 0.814. The number of nitrogens with one attached hydrogen (secondary N) is 2. The average molecular weight is 432 g/mol. The third-order valence-corrected chi connectivity index (χ3v) is 5.66. The van der Waals surface area contributed by atoms with Crippen molar-refractivity contribution in [2.75, 3.05) is 13.6 Å². The van der Waals surface area contributed by atoms with Crippen LogP contribution in [-0.4, -0.2) is 29.3 Å². The Hall–Kier alpha value is -2.12. The van der Waals surface area contributed by atoms with Crippen molar-refractivity contribution in [1.29, 1.82) is 0 Å². The minimum Gasteiger partial charge on any atom is -0.356 e. The Morgan fingerprint density at radius 1 is 1.15 bits per heavy atom. The predicted octanol–water partition coefficient (Wildman–Crippen LogP) is 3.66. The predicted molar refractivity (Wildman–Crippen MR) is 112 cm³/mol. The summed E-state index contributed by atoms with van der Waals surface area (Å²) in [5, 5.41) is 11.1. The molecule has 3 rings (SSSR count). The standard InChI is InChI=1S/C19H22BrN5S/c1-21-19(22-11-9-17-7-8-18(20)26-17)23-13-15-5-2-3-6-16(15)14-25-12-4-10-24-25/h2-8,10,12H,9,11,13-14H2,1H3,(H2,21,22,23). The first-order chi connectivity index (χ1) is 12.7. The normalized spacial score (nSPS) is 11.5. The number of halogens is 1. The van der Waals surface area contributed by atoms with Crippen LogP contribution in [0.5, 0.6) is 0 Å². The number of rotatable bonds is 7. The Bertz CT molecular complexity index is 841. The largest absolute Gasteiger partial charge is 0.356 e. The molecule has 0 saturated carbocycles. The van der Waals surface area contributed by atoms with Gasteiger partial charge in [-0.15, -0.1) is 11.3 Å². The van der Waals surface area contributed by atoms with Crippen molar-refractivity contribution in [3.63, 3.8) is 0 Å². The second-order valence-corrected chi connectivity index (χ2v) is 8.33. The summed E-state index contributed by atoms with van der Waals surface area (Å²) in [6.45, 7) is 2.34. The maximum atomic E-state index is 4.32. The number of aliphatic imine (C=N–C) groups is 1. The molecule has 3 aromatic rings. The summed E-state index contributed by atoms with van der Waals surface area (Å²) in [6, 6.07) is 14.6. The molecule has 0 atom stereocenters. The van der Waals surface area contributed by atoms with E-state index in [1.165, 1.54) is 19.8 Å². The van der Waals surface area contributed by atoms with Crippen LogP contribution in [0.1, 0.15) is 16.0 Å². The lowest BCUT2D eigenvalue weighted by molar-refractivity contribution is 0.677. The fourth-order valence-electron chi connectivity index (χ4n) is 2.64. The van der Waals surface area contributed by atoms with Crippen molar-refractivity contribution in [2.24, 2.45) is 4.99 Å². The van der Waals surface area contributed by atoms with Crippen LogP contribution in [0.4, 0.5) is 0 Å². The van der Waals surface area contributed by atoms with E-state index in [9.17, 15) is 0 Å². The molecule has 0 saturated heterocycles. The van der Waals surface area contributed by atoms with E-state index in [-0.39, 0.29) is 0 Å². The number of hydrogen-bond acceptors (Lipinski definition) is 3. The van der Waals surface area contributed by atoms with Gasteiger partial charge in [0.2, 0.25) is 0 Å². The Balaban J connectivity index is 1.52. The van der Waals surface area contributed by atoms with E-state index in [2.05, 4.69) is 73.1 Å². The van der Waals surface area contributed by atoms with Gasteiger partial charge in [-0.2, -0.15) is 5.10 Å². The van der Waals surface area contributed by atoms with E-state index >= 15 is 0 Å². The average Bonchev–Trinajstić information content (AvgIpc) is 3.31. The lowest BCUT2D eigenvalue weighted by Crippen LogP contribution is -2.38. The van der Waals surface area contributed by atoms with Crippen molar-refractivity contribution in [3.8, 4) is 0 Å². The van der Waals surface area contributed by atoms with Gasteiger partial charge >= 0.3 is 0 Å². The van der Waals surface area contributed by atoms with Crippen LogP contribution in [-0.2, 0) is 19.5 Å². The molecule has 1 aromatic carbocycles. The first kappa shape index (κ1) is 18.7. The van der Waals surface area contributed by atoms with Crippen LogP contribution in [0, 0.1) is 0 Å². The van der Waals surface area contributed by atoms with Crippen molar-refractivity contribution < 1.29 is 0 Å². The van der Waals surface area contributed by atoms with E-state index in [0.29, 0.717) is 0 Å². The van der Waals surface area contributed by atoms with Gasteiger partial charge < -0.3 is 10.6 Å². The van der Waals surface area contributed by atoms with Gasteiger partial charge in [-0.05, 0) is 51.7 Å². The second kappa shape index (κ2) is 9.54. The van der Waals surface area contributed by atoms with E-state index in [1.54, 1.807) is 24.6 Å². The highest BCUT2D eigenvalue weighted by Gasteiger charge is 2.05. The van der Waals surface area contributed by atoms with Gasteiger partial charge in [0.15, 0.2) is 5.96 Å². The third kappa shape index (κ3) is 5.44. The van der Waals surface area contributed by atoms with Crippen LogP contribution >= 0.6 is 27.3 Å². The van der Waals surface area contributed by atoms with Crippen molar-refractivity contribution in [3.05, 3.63) is 74.6 Å². The number of hydrogen-bond donors (Lipinski definition) is 2. The highest BCUT2D eigenvalue weighted by molar-refractivity contribution is 9.11. The molecule has 0 spiro atoms. The van der Waals surface area contributed by atoms with Crippen LogP contribution in [0.15, 0.2) is 63.6 Å². The number of guanidine groups is 1. The fourth-order valence-corrected chi connectivity index (χ4v) is 4.13. The second-order valence-electron chi connectivity index (χ2n) is 5.78. The Kier molecular flexibility index (Phi) is 6.85. The summed E-state index contributed by atoms with van der Waals surface area (Å²) in [6.07, 6.45) is 4.76. The quantitative estimate of drug-likeness (QED) is 0.443. The van der Waals surface area contributed by atoms with Crippen molar-refractivity contribution >= 4 is 33.2 Å². The zero-order chi connectivity index (χ0) is 18.2. The van der Waals surface area contributed by atoms with Crippen LogP contribution in [0.2, 0.25) is 0 Å². The van der Waals surface area contributed by atoms with Crippen LogP contribution in [0.25, 0.3) is 0 Å². The molecule has 7 heteroatoms. The molecule has 0 fully saturated rings. The number of nitrogens with zero attached hydrogens (tertiary/aromatic N) is 3. The van der Waals surface area contributed by atoms with Gasteiger partial charge in [0.25, 0.3) is 0 Å². The molecule has 136 valence electrons. The van der Waals surface area contributed by atoms with Gasteiger partial charge in [0.1, 0.15) is 0 Å². The molecule has 0 aliphatic carbocycles. The molecule has 0 unspecified atom stereocenters. The molecule has 2 heterocycles. The van der Waals surface area contributed by atoms with Gasteiger partial charge in [0, 0.05) is 37.4 Å². The molecule has 5 nitrogen and oxygen atoms in total. The molecule has 0 aliphatic heterocycles. The van der Waals surface area contributed by atoms with Crippen LogP contribution in [0.3, 0.4) is 0 Å². The molecule has 2 N–H and O–H groups in total. The van der Waals surface area contributed by atoms with Crippen LogP contribution < -0.4 is 10.6 Å². The van der Waals surface area contributed by atoms with E-state index in [4.69, 9.17) is 0 Å². The van der Waals surface area contributed by atoms with Gasteiger partial charge in [-0.3, -0.25) is 9.67 Å². The van der Waals surface area contributed by atoms with Gasteiger partial charge in [-0.1, -0.05) is 24.3 Å². The lowest BCUT2D eigenvalue weighted by atomic mass is 10.1. The van der Waals surface area contributed by atoms with Gasteiger partial charge in [-0.25, -0.2) is 0 Å². The minimum atomic E-state index is 0.724. The third-order valence-electron chi connectivity index (χ3n) is 3.97. The summed E-state index contributed by atoms with van der Waals surface area (Å²) in [5.41, 5.74) is 2.50. The maximum Gasteiger partial charge on any atom is 0.191 e. The molecule has 2 aromatic heterocycles. The summed E-state index contributed by atoms with van der Waals surface area (Å²) < 4.78 is 3.11. The smallest absolute Gasteiger partial charge is 0.191 e. The molecule has 26 heavy (non-hydrogen) atoms. The zero-order valence-electron chi connectivity index (χ0n) is 14.7. The van der Waals surface area contributed by atoms with Crippen molar-refractivity contribution in [1.82, 2.24) is 20.4 Å². The Morgan fingerprint density at radius 2 is 2.00 bits per heavy atom. The SMILES string of the molecule is CN=C(NCCc1ccc(Br)s1)NCc1ccccc1Cn1cccn1. The molecule has 0 radical (unpaired) electrons. The van der Waals surface area contributed by atoms with Gasteiger partial charge in [0.05, 0.1) is 10.3 Å². The number of thiophene rings is 1. The Morgan fingerprint density at radius 3 is 2.69 bits per heavy atom. The lowest BCUT2D eigenvalue weighted by Gasteiger charge is -2.14. The topological polar surface area (TPSA) is 54.2 Å². The van der Waals surface area contributed by atoms with E-state index in [1.807, 2.05) is 16.9 Å². The first-order valence-corrected chi connectivity index (χ1v) is 10.1. The molecular weight excluding hydrogens is 410 g/mol. The Labute approximate surface area is 166 Å².